The molecule has 9 nitrogen and oxygen atoms in total. The van der Waals surface area contributed by atoms with Crippen LogP contribution >= 0.6 is 11.3 Å². The van der Waals surface area contributed by atoms with Gasteiger partial charge in [0, 0.05) is 23.5 Å². The van der Waals surface area contributed by atoms with Gasteiger partial charge in [0.15, 0.2) is 0 Å². The van der Waals surface area contributed by atoms with Crippen molar-refractivity contribution in [3.05, 3.63) is 71.8 Å². The first-order chi connectivity index (χ1) is 18.3. The van der Waals surface area contributed by atoms with Crippen molar-refractivity contribution in [2.45, 2.75) is 31.1 Å². The van der Waals surface area contributed by atoms with Crippen molar-refractivity contribution in [2.75, 3.05) is 31.6 Å². The molecule has 0 unspecified atom stereocenters. The average molecular weight is 556 g/mol. The molecule has 2 heterocycles. The highest BCUT2D eigenvalue weighted by atomic mass is 32.2. The second kappa shape index (κ2) is 12.3. The highest BCUT2D eigenvalue weighted by Crippen LogP contribution is 2.36. The quantitative estimate of drug-likeness (QED) is 0.383. The van der Waals surface area contributed by atoms with E-state index in [0.717, 1.165) is 29.7 Å². The maximum Gasteiger partial charge on any atom is 0.341 e. The monoisotopic (exact) mass is 555 g/mol. The molecular formula is C27H29N3O6S2. The Labute approximate surface area is 225 Å². The van der Waals surface area contributed by atoms with E-state index in [-0.39, 0.29) is 29.2 Å². The van der Waals surface area contributed by atoms with Crippen LogP contribution < -0.4 is 10.6 Å². The predicted molar refractivity (Wildman–Crippen MR) is 146 cm³/mol. The van der Waals surface area contributed by atoms with Crippen molar-refractivity contribution in [1.29, 1.82) is 0 Å². The minimum absolute atomic E-state index is 0.0441. The lowest BCUT2D eigenvalue weighted by Crippen LogP contribution is -2.36. The lowest BCUT2D eigenvalue weighted by Gasteiger charge is -2.26. The molecule has 2 aromatic carbocycles. The summed E-state index contributed by atoms with van der Waals surface area (Å²) in [6.45, 7) is 2.43. The van der Waals surface area contributed by atoms with E-state index in [1.165, 1.54) is 39.9 Å². The maximum absolute atomic E-state index is 13.0. The molecule has 2 amide bonds. The number of rotatable bonds is 9. The summed E-state index contributed by atoms with van der Waals surface area (Å²) in [6.07, 6.45) is 2.61. The fourth-order valence-corrected chi connectivity index (χ4v) is 6.71. The zero-order valence-electron chi connectivity index (χ0n) is 20.9. The molecular weight excluding hydrogens is 526 g/mol. The van der Waals surface area contributed by atoms with Crippen LogP contribution in [0.4, 0.5) is 5.00 Å². The van der Waals surface area contributed by atoms with E-state index < -0.39 is 27.8 Å². The van der Waals surface area contributed by atoms with Crippen molar-refractivity contribution < 1.29 is 27.5 Å². The number of hydrogen-bond acceptors (Lipinski definition) is 7. The molecule has 0 atom stereocenters. The standard InChI is InChI=1S/C27H29N3O6S2/c1-2-36-27(33)22-17-23(19-10-5-3-6-11-19)37-26(22)29-24(31)18-28-25(32)20-12-9-13-21(16-20)38(34,35)30-14-7-4-8-15-30/h3,5-6,9-13,16-17H,2,4,7-8,14-15,18H2,1H3,(H,28,32)(H,29,31). The number of hydrogen-bond donors (Lipinski definition) is 2. The number of carbonyl (C=O) groups is 3. The number of nitrogens with one attached hydrogen (secondary N) is 2. The predicted octanol–water partition coefficient (Wildman–Crippen LogP) is 4.13. The Kier molecular flexibility index (Phi) is 8.93. The molecule has 2 N–H and O–H groups in total. The van der Waals surface area contributed by atoms with E-state index >= 15 is 0 Å². The highest BCUT2D eigenvalue weighted by molar-refractivity contribution is 7.89. The summed E-state index contributed by atoms with van der Waals surface area (Å²) in [4.78, 5) is 38.7. The Morgan fingerprint density at radius 3 is 2.42 bits per heavy atom. The van der Waals surface area contributed by atoms with Crippen LogP contribution in [0.15, 0.2) is 65.6 Å². The molecule has 1 fully saturated rings. The number of amides is 2. The Balaban J connectivity index is 1.43. The van der Waals surface area contributed by atoms with Gasteiger partial charge in [0.2, 0.25) is 15.9 Å². The number of ether oxygens (including phenoxy) is 1. The smallest absolute Gasteiger partial charge is 0.341 e. The number of anilines is 1. The zero-order valence-corrected chi connectivity index (χ0v) is 22.6. The van der Waals surface area contributed by atoms with Crippen LogP contribution in [0.1, 0.15) is 46.9 Å². The third-order valence-corrected chi connectivity index (χ3v) is 8.99. The van der Waals surface area contributed by atoms with Crippen molar-refractivity contribution >= 4 is 44.1 Å². The number of thiophene rings is 1. The first kappa shape index (κ1) is 27.5. The van der Waals surface area contributed by atoms with Gasteiger partial charge in [-0.05, 0) is 49.6 Å². The van der Waals surface area contributed by atoms with Gasteiger partial charge in [-0.1, -0.05) is 42.8 Å². The molecule has 0 aliphatic carbocycles. The van der Waals surface area contributed by atoms with E-state index in [0.29, 0.717) is 18.1 Å². The number of piperidine rings is 1. The summed E-state index contributed by atoms with van der Waals surface area (Å²) < 4.78 is 32.5. The highest BCUT2D eigenvalue weighted by Gasteiger charge is 2.26. The fraction of sp³-hybridized carbons (Fsp3) is 0.296. The van der Waals surface area contributed by atoms with Crippen LogP contribution in [0.3, 0.4) is 0 Å². The van der Waals surface area contributed by atoms with Crippen LogP contribution in [0, 0.1) is 0 Å². The minimum atomic E-state index is -3.70. The lowest BCUT2D eigenvalue weighted by atomic mass is 10.1. The summed E-state index contributed by atoms with van der Waals surface area (Å²) >= 11 is 1.23. The van der Waals surface area contributed by atoms with Crippen LogP contribution in [-0.4, -0.2) is 56.7 Å². The van der Waals surface area contributed by atoms with Crippen molar-refractivity contribution in [3.63, 3.8) is 0 Å². The molecule has 3 aromatic rings. The lowest BCUT2D eigenvalue weighted by molar-refractivity contribution is -0.115. The van der Waals surface area contributed by atoms with Gasteiger partial charge in [-0.3, -0.25) is 9.59 Å². The van der Waals surface area contributed by atoms with E-state index in [1.807, 2.05) is 30.3 Å². The van der Waals surface area contributed by atoms with E-state index in [9.17, 15) is 22.8 Å². The first-order valence-corrected chi connectivity index (χ1v) is 14.6. The summed E-state index contributed by atoms with van der Waals surface area (Å²) in [5.41, 5.74) is 1.24. The molecule has 0 bridgehead atoms. The molecule has 1 saturated heterocycles. The van der Waals surface area contributed by atoms with Crippen LogP contribution in [0.2, 0.25) is 0 Å². The molecule has 38 heavy (non-hydrogen) atoms. The van der Waals surface area contributed by atoms with Gasteiger partial charge < -0.3 is 15.4 Å². The Hall–Kier alpha value is -3.54. The molecule has 1 aromatic heterocycles. The summed E-state index contributed by atoms with van der Waals surface area (Å²) in [7, 11) is -3.70. The van der Waals surface area contributed by atoms with Gasteiger partial charge in [0.1, 0.15) is 5.00 Å². The van der Waals surface area contributed by atoms with E-state index in [2.05, 4.69) is 10.6 Å². The van der Waals surface area contributed by atoms with Gasteiger partial charge >= 0.3 is 5.97 Å². The third-order valence-electron chi connectivity index (χ3n) is 6.00. The van der Waals surface area contributed by atoms with Crippen molar-refractivity contribution in [3.8, 4) is 10.4 Å². The zero-order chi connectivity index (χ0) is 27.1. The number of esters is 1. The largest absolute Gasteiger partial charge is 0.462 e. The van der Waals surface area contributed by atoms with Crippen LogP contribution in [0.25, 0.3) is 10.4 Å². The summed E-state index contributed by atoms with van der Waals surface area (Å²) in [5.74, 6) is -1.68. The van der Waals surface area contributed by atoms with E-state index in [1.54, 1.807) is 13.0 Å². The number of sulfonamides is 1. The number of nitrogens with zero attached hydrogens (tertiary/aromatic N) is 1. The topological polar surface area (TPSA) is 122 Å². The second-order valence-corrected chi connectivity index (χ2v) is 11.7. The molecule has 11 heteroatoms. The molecule has 1 aliphatic heterocycles. The third kappa shape index (κ3) is 6.47. The minimum Gasteiger partial charge on any atom is -0.462 e. The molecule has 0 saturated carbocycles. The van der Waals surface area contributed by atoms with Gasteiger partial charge in [0.25, 0.3) is 5.91 Å². The number of carbonyl (C=O) groups excluding carboxylic acids is 3. The van der Waals surface area contributed by atoms with E-state index in [4.69, 9.17) is 4.74 Å². The van der Waals surface area contributed by atoms with Crippen molar-refractivity contribution in [1.82, 2.24) is 9.62 Å². The normalized spacial score (nSPS) is 14.0. The van der Waals surface area contributed by atoms with Gasteiger partial charge in [0.05, 0.1) is 23.6 Å². The average Bonchev–Trinajstić information content (AvgIpc) is 3.36. The summed E-state index contributed by atoms with van der Waals surface area (Å²) in [6, 6.07) is 16.9. The van der Waals surface area contributed by atoms with Gasteiger partial charge in [-0.2, -0.15) is 4.31 Å². The molecule has 0 radical (unpaired) electrons. The number of benzene rings is 2. The maximum atomic E-state index is 13.0. The second-order valence-electron chi connectivity index (χ2n) is 8.66. The fourth-order valence-electron chi connectivity index (χ4n) is 4.07. The molecule has 200 valence electrons. The Bertz CT molecular complexity index is 1410. The summed E-state index contributed by atoms with van der Waals surface area (Å²) in [5, 5.41) is 5.52. The van der Waals surface area contributed by atoms with Crippen LogP contribution in [-0.2, 0) is 19.6 Å². The first-order valence-electron chi connectivity index (χ1n) is 12.3. The molecule has 1 aliphatic rings. The van der Waals surface area contributed by atoms with Crippen molar-refractivity contribution in [2.24, 2.45) is 0 Å². The van der Waals surface area contributed by atoms with Crippen LogP contribution in [0.5, 0.6) is 0 Å². The SMILES string of the molecule is CCOC(=O)c1cc(-c2ccccc2)sc1NC(=O)CNC(=O)c1cccc(S(=O)(=O)N2CCCCC2)c1. The molecule has 4 rings (SSSR count). The van der Waals surface area contributed by atoms with Gasteiger partial charge in [-0.25, -0.2) is 13.2 Å². The molecule has 0 spiro atoms. The Morgan fingerprint density at radius 2 is 1.71 bits per heavy atom. The Morgan fingerprint density at radius 1 is 0.974 bits per heavy atom. The van der Waals surface area contributed by atoms with Gasteiger partial charge in [-0.15, -0.1) is 11.3 Å².